The molecule has 0 saturated heterocycles. The number of rotatable bonds is 2. The van der Waals surface area contributed by atoms with Crippen LogP contribution < -0.4 is 5.32 Å². The molecule has 0 fully saturated rings. The molecule has 0 radical (unpaired) electrons. The first-order chi connectivity index (χ1) is 8.15. The Balaban J connectivity index is 0. The van der Waals surface area contributed by atoms with Gasteiger partial charge >= 0.3 is 12.3 Å². The summed E-state index contributed by atoms with van der Waals surface area (Å²) >= 11 is 0. The molecule has 0 spiro atoms. The molecule has 1 rings (SSSR count). The molecule has 0 aliphatic rings. The van der Waals surface area contributed by atoms with Gasteiger partial charge in [0.1, 0.15) is 0 Å². The second-order valence-corrected chi connectivity index (χ2v) is 2.63. The van der Waals surface area contributed by atoms with Crippen LogP contribution in [0.2, 0.25) is 0 Å². The molecule has 5 nitrogen and oxygen atoms in total. The number of anilines is 1. The van der Waals surface area contributed by atoms with Crippen molar-refractivity contribution in [3.63, 3.8) is 0 Å². The zero-order valence-corrected chi connectivity index (χ0v) is 9.60. The van der Waals surface area contributed by atoms with E-state index < -0.39 is 0 Å². The topological polar surface area (TPSA) is 80.3 Å². The van der Waals surface area contributed by atoms with Gasteiger partial charge in [-0.1, -0.05) is 24.3 Å². The van der Waals surface area contributed by atoms with E-state index in [0.29, 0.717) is 0 Å². The highest BCUT2D eigenvalue weighted by molar-refractivity contribution is 5.47. The number of hydrogen-bond donors (Lipinski definition) is 1. The van der Waals surface area contributed by atoms with Gasteiger partial charge in [-0.15, -0.1) is 0 Å². The molecule has 17 heavy (non-hydrogen) atoms. The van der Waals surface area contributed by atoms with Crippen LogP contribution in [-0.4, -0.2) is 12.3 Å². The van der Waals surface area contributed by atoms with Crippen molar-refractivity contribution >= 4 is 18.0 Å². The van der Waals surface area contributed by atoms with Crippen LogP contribution >= 0.6 is 0 Å². The average molecular weight is 235 g/mol. The Hall–Kier alpha value is -2.48. The molecular formula is C12H13NO4. The molecule has 0 aliphatic heterocycles. The first-order valence-electron chi connectivity index (χ1n) is 4.59. The van der Waals surface area contributed by atoms with Gasteiger partial charge in [0.05, 0.1) is 0 Å². The second kappa shape index (κ2) is 13.5. The minimum Gasteiger partial charge on any atom is -0.359 e. The van der Waals surface area contributed by atoms with Crippen LogP contribution in [0, 0.1) is 0 Å². The number of nitrogens with one attached hydrogen (secondary N) is 1. The van der Waals surface area contributed by atoms with Gasteiger partial charge in [0.25, 0.3) is 0 Å². The summed E-state index contributed by atoms with van der Waals surface area (Å²) in [7, 11) is 0. The second-order valence-electron chi connectivity index (χ2n) is 2.63. The highest BCUT2D eigenvalue weighted by Crippen LogP contribution is 2.07. The lowest BCUT2D eigenvalue weighted by atomic mass is 10.3. The molecule has 1 aromatic carbocycles. The minimum absolute atomic E-state index is 0.250. The zero-order chi connectivity index (χ0) is 13.5. The van der Waals surface area contributed by atoms with E-state index in [1.165, 1.54) is 5.70 Å². The number of benzene rings is 1. The third-order valence-electron chi connectivity index (χ3n) is 1.55. The number of para-hydroxylation sites is 1. The zero-order valence-electron chi connectivity index (χ0n) is 9.60. The predicted octanol–water partition coefficient (Wildman–Crippen LogP) is 1.86. The number of allylic oxidation sites excluding steroid dienone is 2. The van der Waals surface area contributed by atoms with E-state index in [-0.39, 0.29) is 12.3 Å². The van der Waals surface area contributed by atoms with Crippen LogP contribution in [-0.2, 0) is 19.2 Å². The molecule has 1 aromatic rings. The molecule has 0 bridgehead atoms. The summed E-state index contributed by atoms with van der Waals surface area (Å²) in [6, 6.07) is 10.1. The largest absolute Gasteiger partial charge is 0.373 e. The van der Waals surface area contributed by atoms with E-state index in [1.807, 2.05) is 50.3 Å². The monoisotopic (exact) mass is 235 g/mol. The SMILES string of the molecule is C/C=C(\C)Nc1ccccc1.O=C=O.O=C=O. The van der Waals surface area contributed by atoms with Crippen molar-refractivity contribution in [2.75, 3.05) is 5.32 Å². The third kappa shape index (κ3) is 13.5. The number of hydrogen-bond acceptors (Lipinski definition) is 5. The smallest absolute Gasteiger partial charge is 0.359 e. The van der Waals surface area contributed by atoms with Crippen LogP contribution in [0.25, 0.3) is 0 Å². The van der Waals surface area contributed by atoms with Gasteiger partial charge in [0, 0.05) is 11.4 Å². The lowest BCUT2D eigenvalue weighted by Gasteiger charge is -2.04. The van der Waals surface area contributed by atoms with Crippen molar-refractivity contribution in [3.8, 4) is 0 Å². The summed E-state index contributed by atoms with van der Waals surface area (Å²) < 4.78 is 0. The van der Waals surface area contributed by atoms with Crippen LogP contribution in [0.4, 0.5) is 5.69 Å². The normalized spacial score (nSPS) is 8.24. The molecule has 0 aromatic heterocycles. The summed E-state index contributed by atoms with van der Waals surface area (Å²) in [6.45, 7) is 4.07. The van der Waals surface area contributed by atoms with Crippen molar-refractivity contribution < 1.29 is 19.2 Å². The molecule has 0 unspecified atom stereocenters. The van der Waals surface area contributed by atoms with Crippen molar-refractivity contribution in [3.05, 3.63) is 42.1 Å². The first-order valence-corrected chi connectivity index (χ1v) is 4.59. The van der Waals surface area contributed by atoms with E-state index in [0.717, 1.165) is 5.69 Å². The number of carbonyl (C=O) groups excluding carboxylic acids is 4. The Morgan fingerprint density at radius 1 is 1.06 bits per heavy atom. The summed E-state index contributed by atoms with van der Waals surface area (Å²) in [5.41, 5.74) is 2.32. The van der Waals surface area contributed by atoms with Crippen LogP contribution in [0.15, 0.2) is 42.1 Å². The predicted molar refractivity (Wildman–Crippen MR) is 59.5 cm³/mol. The molecule has 1 N–H and O–H groups in total. The summed E-state index contributed by atoms with van der Waals surface area (Å²) in [5.74, 6) is 0. The maximum atomic E-state index is 8.12. The van der Waals surface area contributed by atoms with Crippen molar-refractivity contribution in [1.82, 2.24) is 0 Å². The molecule has 0 heterocycles. The minimum atomic E-state index is 0.250. The highest BCUT2D eigenvalue weighted by Gasteiger charge is 1.87. The van der Waals surface area contributed by atoms with Crippen molar-refractivity contribution in [2.24, 2.45) is 0 Å². The van der Waals surface area contributed by atoms with Crippen molar-refractivity contribution in [1.29, 1.82) is 0 Å². The molecule has 5 heteroatoms. The van der Waals surface area contributed by atoms with E-state index in [1.54, 1.807) is 0 Å². The maximum absolute atomic E-state index is 8.12. The standard InChI is InChI=1S/C10H13N.2CO2/c1-3-9(2)11-10-7-5-4-6-8-10;2*2-1-3/h3-8,11H,1-2H3;;/b9-3+;;. The van der Waals surface area contributed by atoms with E-state index >= 15 is 0 Å². The van der Waals surface area contributed by atoms with Gasteiger partial charge in [-0.2, -0.15) is 19.2 Å². The first kappa shape index (κ1) is 16.9. The highest BCUT2D eigenvalue weighted by atomic mass is 16.2. The van der Waals surface area contributed by atoms with Crippen LogP contribution in [0.1, 0.15) is 13.8 Å². The molecular weight excluding hydrogens is 222 g/mol. The summed E-state index contributed by atoms with van der Waals surface area (Å²) in [6.07, 6.45) is 2.55. The summed E-state index contributed by atoms with van der Waals surface area (Å²) in [5, 5.41) is 3.25. The molecule has 0 amide bonds. The van der Waals surface area contributed by atoms with Gasteiger partial charge in [-0.05, 0) is 26.0 Å². The van der Waals surface area contributed by atoms with Crippen LogP contribution in [0.3, 0.4) is 0 Å². The Morgan fingerprint density at radius 2 is 1.47 bits per heavy atom. The third-order valence-corrected chi connectivity index (χ3v) is 1.55. The van der Waals surface area contributed by atoms with Gasteiger partial charge in [0.15, 0.2) is 0 Å². The van der Waals surface area contributed by atoms with E-state index in [4.69, 9.17) is 19.2 Å². The van der Waals surface area contributed by atoms with Gasteiger partial charge in [0.2, 0.25) is 0 Å². The quantitative estimate of drug-likeness (QED) is 0.846. The molecule has 90 valence electrons. The Kier molecular flexibility index (Phi) is 13.5. The van der Waals surface area contributed by atoms with Gasteiger partial charge in [-0.3, -0.25) is 0 Å². The average Bonchev–Trinajstić information content (AvgIpc) is 2.32. The Bertz CT molecular complexity index is 374. The van der Waals surface area contributed by atoms with Gasteiger partial charge in [-0.25, -0.2) is 0 Å². The summed E-state index contributed by atoms with van der Waals surface area (Å²) in [4.78, 5) is 32.5. The maximum Gasteiger partial charge on any atom is 0.373 e. The Morgan fingerprint density at radius 3 is 1.82 bits per heavy atom. The lowest BCUT2D eigenvalue weighted by molar-refractivity contribution is -0.193. The molecule has 0 saturated carbocycles. The van der Waals surface area contributed by atoms with Crippen molar-refractivity contribution in [2.45, 2.75) is 13.8 Å². The van der Waals surface area contributed by atoms with E-state index in [2.05, 4.69) is 5.32 Å². The van der Waals surface area contributed by atoms with E-state index in [9.17, 15) is 0 Å². The molecule has 0 atom stereocenters. The lowest BCUT2D eigenvalue weighted by Crippen LogP contribution is -1.93. The molecule has 0 aliphatic carbocycles. The fourth-order valence-electron chi connectivity index (χ4n) is 0.821. The van der Waals surface area contributed by atoms with Crippen LogP contribution in [0.5, 0.6) is 0 Å². The fraction of sp³-hybridized carbons (Fsp3) is 0.167. The fourth-order valence-corrected chi connectivity index (χ4v) is 0.821. The Labute approximate surface area is 99.1 Å². The van der Waals surface area contributed by atoms with Gasteiger partial charge < -0.3 is 5.32 Å².